The lowest BCUT2D eigenvalue weighted by Gasteiger charge is -2.15. The van der Waals surface area contributed by atoms with Gasteiger partial charge in [-0.2, -0.15) is 0 Å². The number of hydrogen-bond acceptors (Lipinski definition) is 3. The highest BCUT2D eigenvalue weighted by molar-refractivity contribution is 5.63. The van der Waals surface area contributed by atoms with Gasteiger partial charge in [-0.05, 0) is 31.9 Å². The molecule has 0 saturated carbocycles. The number of benzene rings is 1. The van der Waals surface area contributed by atoms with Crippen molar-refractivity contribution in [3.05, 3.63) is 33.9 Å². The quantitative estimate of drug-likeness (QED) is 0.602. The third kappa shape index (κ3) is 4.06. The van der Waals surface area contributed by atoms with Crippen LogP contribution in [0, 0.1) is 17.0 Å². The third-order valence-corrected chi connectivity index (χ3v) is 2.74. The summed E-state index contributed by atoms with van der Waals surface area (Å²) >= 11 is 0. The van der Waals surface area contributed by atoms with Crippen LogP contribution in [0.1, 0.15) is 38.7 Å². The normalized spacial score (nSPS) is 12.2. The number of nitrogens with one attached hydrogen (secondary N) is 1. The molecule has 1 atom stereocenters. The summed E-state index contributed by atoms with van der Waals surface area (Å²) in [6.45, 7) is 6.13. The molecule has 17 heavy (non-hydrogen) atoms. The number of hydrogen-bond donors (Lipinski definition) is 1. The summed E-state index contributed by atoms with van der Waals surface area (Å²) in [5.74, 6) is 0. The van der Waals surface area contributed by atoms with E-state index >= 15 is 0 Å². The Balaban J connectivity index is 2.81. The SMILES string of the molecule is CCCCC(C)Nc1cc(C)ccc1[N+](=O)[O-]. The fourth-order valence-corrected chi connectivity index (χ4v) is 1.77. The van der Waals surface area contributed by atoms with Crippen LogP contribution in [-0.2, 0) is 0 Å². The predicted molar refractivity (Wildman–Crippen MR) is 70.4 cm³/mol. The summed E-state index contributed by atoms with van der Waals surface area (Å²) in [6.07, 6.45) is 3.30. The molecule has 1 N–H and O–H groups in total. The monoisotopic (exact) mass is 236 g/mol. The fraction of sp³-hybridized carbons (Fsp3) is 0.538. The second kappa shape index (κ2) is 6.23. The van der Waals surface area contributed by atoms with E-state index in [1.54, 1.807) is 12.1 Å². The average Bonchev–Trinajstić information content (AvgIpc) is 2.26. The molecule has 1 aromatic rings. The Morgan fingerprint density at radius 1 is 1.47 bits per heavy atom. The zero-order chi connectivity index (χ0) is 12.8. The predicted octanol–water partition coefficient (Wildman–Crippen LogP) is 3.89. The molecule has 94 valence electrons. The van der Waals surface area contributed by atoms with Gasteiger partial charge in [0.2, 0.25) is 0 Å². The number of nitro benzene ring substituents is 1. The smallest absolute Gasteiger partial charge is 0.292 e. The largest absolute Gasteiger partial charge is 0.377 e. The highest BCUT2D eigenvalue weighted by atomic mass is 16.6. The number of aryl methyl sites for hydroxylation is 1. The van der Waals surface area contributed by atoms with Crippen molar-refractivity contribution in [2.45, 2.75) is 46.1 Å². The number of nitro groups is 1. The molecule has 0 aliphatic heterocycles. The summed E-state index contributed by atoms with van der Waals surface area (Å²) in [5.41, 5.74) is 1.80. The summed E-state index contributed by atoms with van der Waals surface area (Å²) in [5, 5.41) is 14.1. The molecule has 0 aromatic heterocycles. The molecule has 4 nitrogen and oxygen atoms in total. The maximum atomic E-state index is 10.9. The van der Waals surface area contributed by atoms with Gasteiger partial charge in [-0.15, -0.1) is 0 Å². The first kappa shape index (κ1) is 13.5. The van der Waals surface area contributed by atoms with Gasteiger partial charge < -0.3 is 5.32 Å². The van der Waals surface area contributed by atoms with Crippen molar-refractivity contribution in [3.63, 3.8) is 0 Å². The first-order chi connectivity index (χ1) is 8.04. The summed E-state index contributed by atoms with van der Waals surface area (Å²) in [7, 11) is 0. The van der Waals surface area contributed by atoms with E-state index in [0.717, 1.165) is 24.8 Å². The molecule has 0 spiro atoms. The first-order valence-corrected chi connectivity index (χ1v) is 6.06. The van der Waals surface area contributed by atoms with E-state index in [1.807, 2.05) is 13.0 Å². The molecule has 1 rings (SSSR count). The van der Waals surface area contributed by atoms with Gasteiger partial charge in [-0.25, -0.2) is 0 Å². The lowest BCUT2D eigenvalue weighted by atomic mass is 10.1. The van der Waals surface area contributed by atoms with Crippen molar-refractivity contribution in [2.75, 3.05) is 5.32 Å². The van der Waals surface area contributed by atoms with Gasteiger partial charge in [0.05, 0.1) is 4.92 Å². The zero-order valence-corrected chi connectivity index (χ0v) is 10.7. The van der Waals surface area contributed by atoms with Gasteiger partial charge in [-0.1, -0.05) is 25.8 Å². The Morgan fingerprint density at radius 2 is 2.18 bits per heavy atom. The van der Waals surface area contributed by atoms with Crippen molar-refractivity contribution >= 4 is 11.4 Å². The zero-order valence-electron chi connectivity index (χ0n) is 10.7. The fourth-order valence-electron chi connectivity index (χ4n) is 1.77. The van der Waals surface area contributed by atoms with Crippen molar-refractivity contribution in [1.82, 2.24) is 0 Å². The van der Waals surface area contributed by atoms with Crippen LogP contribution in [0.2, 0.25) is 0 Å². The topological polar surface area (TPSA) is 55.2 Å². The van der Waals surface area contributed by atoms with Crippen molar-refractivity contribution in [2.24, 2.45) is 0 Å². The molecule has 0 aliphatic rings. The molecule has 0 bridgehead atoms. The van der Waals surface area contributed by atoms with E-state index in [2.05, 4.69) is 19.2 Å². The first-order valence-electron chi connectivity index (χ1n) is 6.06. The van der Waals surface area contributed by atoms with Gasteiger partial charge in [0.15, 0.2) is 0 Å². The molecule has 1 unspecified atom stereocenters. The second-order valence-electron chi connectivity index (χ2n) is 4.47. The van der Waals surface area contributed by atoms with E-state index in [4.69, 9.17) is 0 Å². The maximum absolute atomic E-state index is 10.9. The number of anilines is 1. The Labute approximate surface area is 102 Å². The van der Waals surface area contributed by atoms with Crippen LogP contribution in [0.5, 0.6) is 0 Å². The molecule has 0 aliphatic carbocycles. The second-order valence-corrected chi connectivity index (χ2v) is 4.47. The van der Waals surface area contributed by atoms with Crippen LogP contribution in [0.25, 0.3) is 0 Å². The lowest BCUT2D eigenvalue weighted by Crippen LogP contribution is -2.15. The summed E-state index contributed by atoms with van der Waals surface area (Å²) in [4.78, 5) is 10.6. The molecule has 0 heterocycles. The van der Waals surface area contributed by atoms with Crippen LogP contribution >= 0.6 is 0 Å². The molecule has 0 amide bonds. The van der Waals surface area contributed by atoms with Crippen LogP contribution < -0.4 is 5.32 Å². The van der Waals surface area contributed by atoms with Gasteiger partial charge in [0, 0.05) is 12.1 Å². The van der Waals surface area contributed by atoms with Gasteiger partial charge in [-0.3, -0.25) is 10.1 Å². The standard InChI is InChI=1S/C13H20N2O2/c1-4-5-6-11(3)14-12-9-10(2)7-8-13(12)15(16)17/h7-9,11,14H,4-6H2,1-3H3. The van der Waals surface area contributed by atoms with E-state index in [1.165, 1.54) is 0 Å². The molecule has 4 heteroatoms. The van der Waals surface area contributed by atoms with Crippen molar-refractivity contribution in [3.8, 4) is 0 Å². The molecule has 0 saturated heterocycles. The Kier molecular flexibility index (Phi) is 4.94. The van der Waals surface area contributed by atoms with E-state index in [9.17, 15) is 10.1 Å². The lowest BCUT2D eigenvalue weighted by molar-refractivity contribution is -0.384. The molecule has 0 fully saturated rings. The molecular weight excluding hydrogens is 216 g/mol. The van der Waals surface area contributed by atoms with Crippen LogP contribution in [0.15, 0.2) is 18.2 Å². The number of rotatable bonds is 6. The Bertz CT molecular complexity index is 391. The maximum Gasteiger partial charge on any atom is 0.292 e. The highest BCUT2D eigenvalue weighted by Crippen LogP contribution is 2.26. The van der Waals surface area contributed by atoms with Gasteiger partial charge in [0.25, 0.3) is 5.69 Å². The van der Waals surface area contributed by atoms with E-state index in [0.29, 0.717) is 5.69 Å². The Morgan fingerprint density at radius 3 is 2.76 bits per heavy atom. The minimum absolute atomic E-state index is 0.152. The third-order valence-electron chi connectivity index (χ3n) is 2.74. The van der Waals surface area contributed by atoms with E-state index in [-0.39, 0.29) is 16.7 Å². The van der Waals surface area contributed by atoms with Gasteiger partial charge >= 0.3 is 0 Å². The Hall–Kier alpha value is -1.58. The number of nitrogens with zero attached hydrogens (tertiary/aromatic N) is 1. The van der Waals surface area contributed by atoms with Gasteiger partial charge in [0.1, 0.15) is 5.69 Å². The minimum Gasteiger partial charge on any atom is -0.377 e. The molecule has 0 radical (unpaired) electrons. The molecule has 1 aromatic carbocycles. The van der Waals surface area contributed by atoms with Crippen LogP contribution in [0.4, 0.5) is 11.4 Å². The highest BCUT2D eigenvalue weighted by Gasteiger charge is 2.14. The summed E-state index contributed by atoms with van der Waals surface area (Å²) < 4.78 is 0. The minimum atomic E-state index is -0.339. The van der Waals surface area contributed by atoms with Crippen molar-refractivity contribution < 1.29 is 4.92 Å². The van der Waals surface area contributed by atoms with Crippen LogP contribution in [0.3, 0.4) is 0 Å². The average molecular weight is 236 g/mol. The molecular formula is C13H20N2O2. The number of unbranched alkanes of at least 4 members (excludes halogenated alkanes) is 1. The van der Waals surface area contributed by atoms with Crippen LogP contribution in [-0.4, -0.2) is 11.0 Å². The van der Waals surface area contributed by atoms with Crippen molar-refractivity contribution in [1.29, 1.82) is 0 Å². The van der Waals surface area contributed by atoms with E-state index < -0.39 is 0 Å². The summed E-state index contributed by atoms with van der Waals surface area (Å²) in [6, 6.07) is 5.42.